The van der Waals surface area contributed by atoms with Crippen molar-refractivity contribution in [2.45, 2.75) is 19.4 Å². The van der Waals surface area contributed by atoms with Crippen LogP contribution in [0.25, 0.3) is 11.3 Å². The van der Waals surface area contributed by atoms with Gasteiger partial charge in [0.15, 0.2) is 5.13 Å². The van der Waals surface area contributed by atoms with Gasteiger partial charge in [0.25, 0.3) is 0 Å². The maximum absolute atomic E-state index is 11.6. The Balaban J connectivity index is 1.78. The summed E-state index contributed by atoms with van der Waals surface area (Å²) < 4.78 is 10.5. The van der Waals surface area contributed by atoms with Crippen LogP contribution < -0.4 is 15.4 Å². The number of thiazole rings is 1. The van der Waals surface area contributed by atoms with Crippen LogP contribution in [0.2, 0.25) is 0 Å². The smallest absolute Gasteiger partial charge is 0.413 e. The van der Waals surface area contributed by atoms with Crippen LogP contribution in [0.15, 0.2) is 23.6 Å². The number of anilines is 1. The van der Waals surface area contributed by atoms with E-state index in [0.29, 0.717) is 18.2 Å². The van der Waals surface area contributed by atoms with Crippen molar-refractivity contribution in [3.8, 4) is 17.0 Å². The molecule has 9 heteroatoms. The molecule has 0 spiro atoms. The number of amides is 2. The number of alkyl halides is 1. The van der Waals surface area contributed by atoms with E-state index in [1.54, 1.807) is 0 Å². The van der Waals surface area contributed by atoms with Crippen molar-refractivity contribution in [2.75, 3.05) is 24.4 Å². The Morgan fingerprint density at radius 3 is 3.08 bits per heavy atom. The Hall–Kier alpha value is -2.32. The van der Waals surface area contributed by atoms with E-state index in [4.69, 9.17) is 21.1 Å². The van der Waals surface area contributed by atoms with E-state index >= 15 is 0 Å². The van der Waals surface area contributed by atoms with Crippen molar-refractivity contribution >= 4 is 40.1 Å². The summed E-state index contributed by atoms with van der Waals surface area (Å²) in [6, 6.07) is 5.65. The molecule has 1 atom stereocenters. The van der Waals surface area contributed by atoms with Gasteiger partial charge in [-0.3, -0.25) is 10.1 Å². The molecule has 0 saturated carbocycles. The second-order valence-electron chi connectivity index (χ2n) is 5.63. The second-order valence-corrected chi connectivity index (χ2v) is 6.87. The summed E-state index contributed by atoms with van der Waals surface area (Å²) in [4.78, 5) is 27.4. The van der Waals surface area contributed by atoms with Crippen molar-refractivity contribution in [3.63, 3.8) is 0 Å². The number of fused-ring (bicyclic) bond motifs is 1. The molecular weight excluding hydrogens is 378 g/mol. The van der Waals surface area contributed by atoms with E-state index in [2.05, 4.69) is 15.6 Å². The maximum Gasteiger partial charge on any atom is 0.413 e. The first-order valence-electron chi connectivity index (χ1n) is 8.06. The Labute approximate surface area is 159 Å². The van der Waals surface area contributed by atoms with Gasteiger partial charge in [0.2, 0.25) is 5.91 Å². The largest absolute Gasteiger partial charge is 0.493 e. The van der Waals surface area contributed by atoms with Crippen molar-refractivity contribution in [2.24, 2.45) is 0 Å². The van der Waals surface area contributed by atoms with Gasteiger partial charge in [-0.1, -0.05) is 0 Å². The highest BCUT2D eigenvalue weighted by Crippen LogP contribution is 2.36. The molecule has 1 aromatic carbocycles. The van der Waals surface area contributed by atoms with Gasteiger partial charge >= 0.3 is 6.09 Å². The number of nitrogens with one attached hydrogen (secondary N) is 2. The fourth-order valence-corrected chi connectivity index (χ4v) is 3.45. The third kappa shape index (κ3) is 4.44. The van der Waals surface area contributed by atoms with Crippen LogP contribution in [-0.4, -0.2) is 36.1 Å². The number of carbonyl (C=O) groups excluding carboxylic acids is 2. The van der Waals surface area contributed by atoms with E-state index in [0.717, 1.165) is 22.6 Å². The molecule has 0 radical (unpaired) electrons. The van der Waals surface area contributed by atoms with E-state index in [-0.39, 0.29) is 24.4 Å². The number of ether oxygens (including phenoxy) is 2. The standard InChI is InChI=1S/C17H18ClN3O4S/c1-10(22)19-13-4-6-24-15-3-2-11(8-12(13)15)14-9-26-16(20-14)21-17(23)25-7-5-18/h2-3,8-9,13H,4-7H2,1H3,(H,19,22)(H,20,21,23). The number of nitrogens with zero attached hydrogens (tertiary/aromatic N) is 1. The van der Waals surface area contributed by atoms with E-state index in [1.165, 1.54) is 18.3 Å². The molecule has 138 valence electrons. The van der Waals surface area contributed by atoms with Gasteiger partial charge < -0.3 is 14.8 Å². The monoisotopic (exact) mass is 395 g/mol. The lowest BCUT2D eigenvalue weighted by atomic mass is 9.97. The fraction of sp³-hybridized carbons (Fsp3) is 0.353. The predicted octanol–water partition coefficient (Wildman–Crippen LogP) is 3.56. The summed E-state index contributed by atoms with van der Waals surface area (Å²) >= 11 is 6.78. The zero-order chi connectivity index (χ0) is 18.5. The second kappa shape index (κ2) is 8.37. The highest BCUT2D eigenvalue weighted by molar-refractivity contribution is 7.14. The Kier molecular flexibility index (Phi) is 5.95. The first kappa shape index (κ1) is 18.5. The summed E-state index contributed by atoms with van der Waals surface area (Å²) in [5.74, 6) is 0.921. The molecule has 2 amide bonds. The highest BCUT2D eigenvalue weighted by atomic mass is 35.5. The molecule has 0 bridgehead atoms. The minimum absolute atomic E-state index is 0.0798. The zero-order valence-electron chi connectivity index (χ0n) is 14.1. The first-order valence-corrected chi connectivity index (χ1v) is 9.47. The third-order valence-corrected chi connectivity index (χ3v) is 4.66. The lowest BCUT2D eigenvalue weighted by Gasteiger charge is -2.26. The van der Waals surface area contributed by atoms with Crippen LogP contribution in [-0.2, 0) is 9.53 Å². The Bertz CT molecular complexity index is 811. The summed E-state index contributed by atoms with van der Waals surface area (Å²) in [5.41, 5.74) is 2.52. The van der Waals surface area contributed by atoms with Crippen molar-refractivity contribution in [1.29, 1.82) is 0 Å². The number of hydrogen-bond donors (Lipinski definition) is 2. The molecule has 2 heterocycles. The van der Waals surface area contributed by atoms with Crippen LogP contribution in [0.3, 0.4) is 0 Å². The van der Waals surface area contributed by atoms with Gasteiger partial charge in [0, 0.05) is 29.9 Å². The van der Waals surface area contributed by atoms with Gasteiger partial charge in [-0.05, 0) is 18.2 Å². The average molecular weight is 396 g/mol. The normalized spacial score (nSPS) is 15.5. The Morgan fingerprint density at radius 2 is 2.31 bits per heavy atom. The van der Waals surface area contributed by atoms with Crippen molar-refractivity contribution in [3.05, 3.63) is 29.1 Å². The molecule has 1 aromatic heterocycles. The molecule has 3 rings (SSSR count). The van der Waals surface area contributed by atoms with Crippen LogP contribution >= 0.6 is 22.9 Å². The predicted molar refractivity (Wildman–Crippen MR) is 99.9 cm³/mol. The number of hydrogen-bond acceptors (Lipinski definition) is 6. The maximum atomic E-state index is 11.6. The van der Waals surface area contributed by atoms with Crippen molar-refractivity contribution < 1.29 is 19.1 Å². The van der Waals surface area contributed by atoms with Crippen LogP contribution in [0.5, 0.6) is 5.75 Å². The molecule has 1 aliphatic heterocycles. The Morgan fingerprint density at radius 1 is 1.46 bits per heavy atom. The minimum atomic E-state index is -0.587. The molecule has 0 fully saturated rings. The number of halogens is 1. The summed E-state index contributed by atoms with van der Waals surface area (Å²) in [6.07, 6.45) is 0.128. The SMILES string of the molecule is CC(=O)NC1CCOc2ccc(-c3csc(NC(=O)OCCCl)n3)cc21. The van der Waals surface area contributed by atoms with Gasteiger partial charge in [-0.25, -0.2) is 9.78 Å². The fourth-order valence-electron chi connectivity index (χ4n) is 2.67. The number of benzene rings is 1. The summed E-state index contributed by atoms with van der Waals surface area (Å²) in [7, 11) is 0. The minimum Gasteiger partial charge on any atom is -0.493 e. The topological polar surface area (TPSA) is 89.6 Å². The van der Waals surface area contributed by atoms with E-state index in [1.807, 2.05) is 23.6 Å². The van der Waals surface area contributed by atoms with Gasteiger partial charge in [0.1, 0.15) is 12.4 Å². The summed E-state index contributed by atoms with van der Waals surface area (Å²) in [5, 5.41) is 7.80. The van der Waals surface area contributed by atoms with Gasteiger partial charge in [-0.2, -0.15) is 0 Å². The third-order valence-electron chi connectivity index (χ3n) is 3.75. The van der Waals surface area contributed by atoms with Gasteiger partial charge in [-0.15, -0.1) is 22.9 Å². The average Bonchev–Trinajstić information content (AvgIpc) is 3.08. The first-order chi connectivity index (χ1) is 12.6. The zero-order valence-corrected chi connectivity index (χ0v) is 15.7. The molecule has 1 aliphatic rings. The number of rotatable bonds is 5. The molecule has 2 N–H and O–H groups in total. The highest BCUT2D eigenvalue weighted by Gasteiger charge is 2.23. The lowest BCUT2D eigenvalue weighted by Crippen LogP contribution is -2.30. The molecule has 7 nitrogen and oxygen atoms in total. The number of aromatic nitrogens is 1. The summed E-state index contributed by atoms with van der Waals surface area (Å²) in [6.45, 7) is 2.20. The quantitative estimate of drug-likeness (QED) is 0.755. The number of carbonyl (C=O) groups is 2. The molecule has 2 aromatic rings. The molecule has 1 unspecified atom stereocenters. The van der Waals surface area contributed by atoms with E-state index < -0.39 is 6.09 Å². The van der Waals surface area contributed by atoms with Crippen LogP contribution in [0.1, 0.15) is 24.9 Å². The van der Waals surface area contributed by atoms with Gasteiger partial charge in [0.05, 0.1) is 24.2 Å². The molecule has 0 aliphatic carbocycles. The molecule has 0 saturated heterocycles. The van der Waals surface area contributed by atoms with Crippen LogP contribution in [0, 0.1) is 0 Å². The molecule has 26 heavy (non-hydrogen) atoms. The van der Waals surface area contributed by atoms with Crippen molar-refractivity contribution in [1.82, 2.24) is 10.3 Å². The van der Waals surface area contributed by atoms with E-state index in [9.17, 15) is 9.59 Å². The lowest BCUT2D eigenvalue weighted by molar-refractivity contribution is -0.119. The van der Waals surface area contributed by atoms with Crippen LogP contribution in [0.4, 0.5) is 9.93 Å². The molecular formula is C17H18ClN3O4S.